The highest BCUT2D eigenvalue weighted by Crippen LogP contribution is 2.21. The Bertz CT molecular complexity index is 1110. The summed E-state index contributed by atoms with van der Waals surface area (Å²) in [5.74, 6) is -0.618. The summed E-state index contributed by atoms with van der Waals surface area (Å²) >= 11 is 7.19. The molecule has 0 saturated heterocycles. The topological polar surface area (TPSA) is 79.5 Å². The molecule has 0 aliphatic rings. The summed E-state index contributed by atoms with van der Waals surface area (Å²) in [4.78, 5) is 17.1. The molecular formula is C19H16ClFN4O2S. The molecule has 1 aromatic heterocycles. The van der Waals surface area contributed by atoms with Crippen LogP contribution in [0.1, 0.15) is 15.2 Å². The van der Waals surface area contributed by atoms with Crippen molar-refractivity contribution in [1.82, 2.24) is 3.96 Å². The number of carbonyl (C=O) groups is 1. The third-order valence-corrected chi connectivity index (χ3v) is 4.93. The van der Waals surface area contributed by atoms with Crippen LogP contribution in [0.4, 0.5) is 15.8 Å². The molecule has 144 valence electrons. The van der Waals surface area contributed by atoms with Crippen molar-refractivity contribution in [2.24, 2.45) is 4.99 Å². The van der Waals surface area contributed by atoms with E-state index in [1.807, 2.05) is 6.92 Å². The maximum absolute atomic E-state index is 13.4. The van der Waals surface area contributed by atoms with Gasteiger partial charge in [0.1, 0.15) is 11.3 Å². The molecule has 0 spiro atoms. The van der Waals surface area contributed by atoms with Crippen LogP contribution in [0.5, 0.6) is 0 Å². The van der Waals surface area contributed by atoms with Crippen LogP contribution in [0.3, 0.4) is 0 Å². The van der Waals surface area contributed by atoms with Crippen LogP contribution in [0, 0.1) is 18.2 Å². The number of nitrogens with one attached hydrogen (secondary N) is 2. The minimum absolute atomic E-state index is 0.0229. The first-order valence-electron chi connectivity index (χ1n) is 8.11. The van der Waals surface area contributed by atoms with Crippen LogP contribution in [0.2, 0.25) is 5.02 Å². The molecule has 0 saturated carbocycles. The highest BCUT2D eigenvalue weighted by molar-refractivity contribution is 7.07. The molecular weight excluding hydrogens is 403 g/mol. The number of nitrogens with zero attached hydrogens (tertiary/aromatic N) is 2. The molecule has 0 aliphatic carbocycles. The molecule has 1 heterocycles. The zero-order valence-corrected chi connectivity index (χ0v) is 16.6. The van der Waals surface area contributed by atoms with Crippen LogP contribution in [-0.2, 0) is 4.74 Å². The molecule has 9 heteroatoms. The van der Waals surface area contributed by atoms with Crippen molar-refractivity contribution in [3.05, 3.63) is 75.3 Å². The normalized spacial score (nSPS) is 11.4. The number of benzene rings is 2. The van der Waals surface area contributed by atoms with E-state index in [1.54, 1.807) is 34.3 Å². The minimum Gasteiger partial charge on any atom is -0.465 e. The lowest BCUT2D eigenvalue weighted by Gasteiger charge is -2.11. The summed E-state index contributed by atoms with van der Waals surface area (Å²) in [6.45, 7) is 1.89. The second-order valence-electron chi connectivity index (χ2n) is 5.75. The average Bonchev–Trinajstić information content (AvgIpc) is 3.02. The van der Waals surface area contributed by atoms with Gasteiger partial charge in [-0.1, -0.05) is 23.1 Å². The third kappa shape index (κ3) is 4.47. The van der Waals surface area contributed by atoms with Crippen molar-refractivity contribution in [3.8, 4) is 0 Å². The van der Waals surface area contributed by atoms with E-state index in [4.69, 9.17) is 17.0 Å². The Labute approximate surface area is 169 Å². The summed E-state index contributed by atoms with van der Waals surface area (Å²) in [5.41, 5.74) is 1.73. The summed E-state index contributed by atoms with van der Waals surface area (Å²) in [6, 6.07) is 12.5. The van der Waals surface area contributed by atoms with Gasteiger partial charge in [0.2, 0.25) is 5.96 Å². The van der Waals surface area contributed by atoms with Gasteiger partial charge in [0.15, 0.2) is 0 Å². The van der Waals surface area contributed by atoms with Crippen LogP contribution < -0.4 is 10.8 Å². The molecule has 28 heavy (non-hydrogen) atoms. The summed E-state index contributed by atoms with van der Waals surface area (Å²) in [5, 5.41) is 11.2. The lowest BCUT2D eigenvalue weighted by Crippen LogP contribution is -2.28. The molecule has 0 unspecified atom stereocenters. The fraction of sp³-hybridized carbons (Fsp3) is 0.105. The lowest BCUT2D eigenvalue weighted by atomic mass is 10.2. The Morgan fingerprint density at radius 2 is 1.96 bits per heavy atom. The standard InChI is InChI=1S/C19H16ClFN4O2S/c1-11-9-17(22)25(28-11)19(24-14-7-8-16(21)15(20)10-14)23-13-5-3-12(4-6-13)18(26)27-2/h3-10,22H,1-2H3,(H,23,24). The number of rotatable bonds is 3. The minimum atomic E-state index is -0.523. The highest BCUT2D eigenvalue weighted by atomic mass is 35.5. The molecule has 0 atom stereocenters. The largest absolute Gasteiger partial charge is 0.465 e. The van der Waals surface area contributed by atoms with Crippen molar-refractivity contribution in [2.45, 2.75) is 6.92 Å². The highest BCUT2D eigenvalue weighted by Gasteiger charge is 2.10. The van der Waals surface area contributed by atoms with Gasteiger partial charge in [-0.3, -0.25) is 5.41 Å². The number of esters is 1. The van der Waals surface area contributed by atoms with Gasteiger partial charge in [0, 0.05) is 10.6 Å². The van der Waals surface area contributed by atoms with E-state index in [1.165, 1.54) is 36.8 Å². The van der Waals surface area contributed by atoms with Gasteiger partial charge < -0.3 is 10.1 Å². The molecule has 3 rings (SSSR count). The van der Waals surface area contributed by atoms with Crippen LogP contribution in [0.25, 0.3) is 0 Å². The summed E-state index contributed by atoms with van der Waals surface area (Å²) in [6.07, 6.45) is 0. The SMILES string of the molecule is COC(=O)c1ccc(N=C(Nc2ccc(F)c(Cl)c2)n2sc(C)cc2=N)cc1. The van der Waals surface area contributed by atoms with Gasteiger partial charge in [-0.25, -0.2) is 18.1 Å². The van der Waals surface area contributed by atoms with Gasteiger partial charge in [-0.05, 0) is 55.5 Å². The van der Waals surface area contributed by atoms with Gasteiger partial charge >= 0.3 is 5.97 Å². The van der Waals surface area contributed by atoms with Crippen molar-refractivity contribution < 1.29 is 13.9 Å². The molecule has 6 nitrogen and oxygen atoms in total. The predicted octanol–water partition coefficient (Wildman–Crippen LogP) is 4.56. The molecule has 0 bridgehead atoms. The number of hydrogen-bond donors (Lipinski definition) is 2. The Morgan fingerprint density at radius 1 is 1.25 bits per heavy atom. The van der Waals surface area contributed by atoms with Crippen LogP contribution in [0.15, 0.2) is 53.5 Å². The van der Waals surface area contributed by atoms with Gasteiger partial charge in [0.25, 0.3) is 0 Å². The van der Waals surface area contributed by atoms with E-state index in [2.05, 4.69) is 15.0 Å². The van der Waals surface area contributed by atoms with Crippen molar-refractivity contribution >= 4 is 46.4 Å². The number of halogens is 2. The Morgan fingerprint density at radius 3 is 2.54 bits per heavy atom. The first kappa shape index (κ1) is 19.8. The Kier molecular flexibility index (Phi) is 5.91. The van der Waals surface area contributed by atoms with E-state index >= 15 is 0 Å². The molecule has 2 N–H and O–H groups in total. The summed E-state index contributed by atoms with van der Waals surface area (Å²) < 4.78 is 19.7. The van der Waals surface area contributed by atoms with E-state index in [9.17, 15) is 9.18 Å². The average molecular weight is 419 g/mol. The van der Waals surface area contributed by atoms with Crippen LogP contribution in [-0.4, -0.2) is 23.0 Å². The zero-order chi connectivity index (χ0) is 20.3. The second kappa shape index (κ2) is 8.37. The predicted molar refractivity (Wildman–Crippen MR) is 108 cm³/mol. The maximum atomic E-state index is 13.4. The smallest absolute Gasteiger partial charge is 0.337 e. The number of ether oxygens (including phenoxy) is 1. The molecule has 0 radical (unpaired) electrons. The van der Waals surface area contributed by atoms with Gasteiger partial charge in [0.05, 0.1) is 23.4 Å². The van der Waals surface area contributed by atoms with E-state index in [0.29, 0.717) is 22.9 Å². The number of aliphatic imine (C=N–C) groups is 1. The number of aryl methyl sites for hydroxylation is 1. The summed E-state index contributed by atoms with van der Waals surface area (Å²) in [7, 11) is 1.32. The molecule has 0 aliphatic heterocycles. The molecule has 0 amide bonds. The van der Waals surface area contributed by atoms with E-state index in [0.717, 1.165) is 4.88 Å². The number of hydrogen-bond acceptors (Lipinski definition) is 5. The van der Waals surface area contributed by atoms with Gasteiger partial charge in [-0.2, -0.15) is 0 Å². The lowest BCUT2D eigenvalue weighted by molar-refractivity contribution is 0.0601. The maximum Gasteiger partial charge on any atom is 0.337 e. The zero-order valence-electron chi connectivity index (χ0n) is 15.0. The van der Waals surface area contributed by atoms with Crippen molar-refractivity contribution in [3.63, 3.8) is 0 Å². The first-order valence-corrected chi connectivity index (χ1v) is 9.26. The quantitative estimate of drug-likeness (QED) is 0.371. The van der Waals surface area contributed by atoms with Crippen molar-refractivity contribution in [1.29, 1.82) is 5.41 Å². The van der Waals surface area contributed by atoms with E-state index in [-0.39, 0.29) is 10.5 Å². The number of methoxy groups -OCH3 is 1. The number of anilines is 1. The monoisotopic (exact) mass is 418 g/mol. The fourth-order valence-corrected chi connectivity index (χ4v) is 3.32. The van der Waals surface area contributed by atoms with Crippen molar-refractivity contribution in [2.75, 3.05) is 12.4 Å². The molecule has 3 aromatic rings. The Hall–Kier alpha value is -2.97. The number of aromatic nitrogens is 1. The number of carbonyl (C=O) groups excluding carboxylic acids is 1. The second-order valence-corrected chi connectivity index (χ2v) is 7.35. The van der Waals surface area contributed by atoms with Gasteiger partial charge in [-0.15, -0.1) is 0 Å². The first-order chi connectivity index (χ1) is 13.4. The fourth-order valence-electron chi connectivity index (χ4n) is 2.37. The third-order valence-electron chi connectivity index (χ3n) is 3.69. The van der Waals surface area contributed by atoms with E-state index < -0.39 is 11.8 Å². The Balaban J connectivity index is 2.01. The molecule has 2 aromatic carbocycles. The molecule has 0 fully saturated rings. The van der Waals surface area contributed by atoms with Crippen LogP contribution >= 0.6 is 23.1 Å².